The van der Waals surface area contributed by atoms with Crippen molar-refractivity contribution >= 4 is 44.2 Å². The van der Waals surface area contributed by atoms with Crippen LogP contribution in [0.3, 0.4) is 0 Å². The van der Waals surface area contributed by atoms with Gasteiger partial charge in [0.25, 0.3) is 0 Å². The molecular weight excluding hydrogens is 272 g/mol. The van der Waals surface area contributed by atoms with Crippen molar-refractivity contribution in [1.82, 2.24) is 9.97 Å². The molecule has 19 heavy (non-hydrogen) atoms. The summed E-state index contributed by atoms with van der Waals surface area (Å²) in [6.45, 7) is 0. The Balaban J connectivity index is 1.78. The van der Waals surface area contributed by atoms with Gasteiger partial charge in [0, 0.05) is 22.0 Å². The maximum absolute atomic E-state index is 4.66. The molecule has 0 atom stereocenters. The molecule has 0 aliphatic rings. The van der Waals surface area contributed by atoms with Crippen LogP contribution in [-0.2, 0) is 0 Å². The Kier molecular flexibility index (Phi) is 2.57. The monoisotopic (exact) mass is 282 g/mol. The second-order valence-electron chi connectivity index (χ2n) is 4.25. The van der Waals surface area contributed by atoms with Crippen LogP contribution in [0.5, 0.6) is 0 Å². The van der Waals surface area contributed by atoms with E-state index in [1.165, 1.54) is 20.5 Å². The summed E-state index contributed by atoms with van der Waals surface area (Å²) < 4.78 is 2.33. The second-order valence-corrected chi connectivity index (χ2v) is 6.57. The lowest BCUT2D eigenvalue weighted by molar-refractivity contribution is 1.30. The second kappa shape index (κ2) is 4.40. The quantitative estimate of drug-likeness (QED) is 0.565. The van der Waals surface area contributed by atoms with Gasteiger partial charge in [-0.1, -0.05) is 42.1 Å². The molecule has 0 aliphatic heterocycles. The molecule has 4 rings (SSSR count). The number of nitrogens with zero attached hydrogens (tertiary/aromatic N) is 1. The van der Waals surface area contributed by atoms with E-state index < -0.39 is 0 Å². The van der Waals surface area contributed by atoms with Gasteiger partial charge in [0.05, 0.1) is 10.2 Å². The van der Waals surface area contributed by atoms with Gasteiger partial charge in [-0.25, -0.2) is 4.98 Å². The molecule has 0 amide bonds. The molecule has 0 unspecified atom stereocenters. The number of hydrogen-bond donors (Lipinski definition) is 1. The first kappa shape index (κ1) is 11.1. The molecule has 2 aromatic carbocycles. The molecule has 4 heteroatoms. The average Bonchev–Trinajstić information content (AvgIpc) is 3.03. The van der Waals surface area contributed by atoms with Gasteiger partial charge in [-0.05, 0) is 18.2 Å². The molecule has 0 saturated heterocycles. The largest absolute Gasteiger partial charge is 0.360 e. The third-order valence-electron chi connectivity index (χ3n) is 3.02. The molecule has 0 saturated carbocycles. The SMILES string of the molecule is c1ccc2sc(Sc3c[nH]c4ccccc34)nc2c1. The van der Waals surface area contributed by atoms with Crippen LogP contribution in [0.15, 0.2) is 64.0 Å². The summed E-state index contributed by atoms with van der Waals surface area (Å²) in [6, 6.07) is 16.6. The number of aromatic amines is 1. The number of rotatable bonds is 2. The van der Waals surface area contributed by atoms with Crippen molar-refractivity contribution in [3.8, 4) is 0 Å². The molecule has 1 N–H and O–H groups in total. The Morgan fingerprint density at radius 3 is 2.79 bits per heavy atom. The summed E-state index contributed by atoms with van der Waals surface area (Å²) in [5.41, 5.74) is 2.25. The number of H-pyrrole nitrogens is 1. The zero-order chi connectivity index (χ0) is 12.7. The minimum Gasteiger partial charge on any atom is -0.360 e. The first-order valence-corrected chi connectivity index (χ1v) is 7.63. The van der Waals surface area contributed by atoms with E-state index in [9.17, 15) is 0 Å². The van der Waals surface area contributed by atoms with Crippen molar-refractivity contribution < 1.29 is 0 Å². The van der Waals surface area contributed by atoms with Gasteiger partial charge < -0.3 is 4.98 Å². The van der Waals surface area contributed by atoms with Crippen molar-refractivity contribution in [3.63, 3.8) is 0 Å². The highest BCUT2D eigenvalue weighted by Gasteiger charge is 2.08. The van der Waals surface area contributed by atoms with Crippen LogP contribution in [0.4, 0.5) is 0 Å². The third kappa shape index (κ3) is 1.93. The molecule has 2 nitrogen and oxygen atoms in total. The molecular formula is C15H10N2S2. The predicted octanol–water partition coefficient (Wildman–Crippen LogP) is 4.93. The van der Waals surface area contributed by atoms with Crippen LogP contribution in [0.2, 0.25) is 0 Å². The number of benzene rings is 2. The third-order valence-corrected chi connectivity index (χ3v) is 5.18. The lowest BCUT2D eigenvalue weighted by atomic mass is 10.2. The summed E-state index contributed by atoms with van der Waals surface area (Å²) in [7, 11) is 0. The molecule has 2 heterocycles. The summed E-state index contributed by atoms with van der Waals surface area (Å²) in [5.74, 6) is 0. The number of fused-ring (bicyclic) bond motifs is 2. The molecule has 4 aromatic rings. The fourth-order valence-corrected chi connectivity index (χ4v) is 4.26. The fourth-order valence-electron chi connectivity index (χ4n) is 2.12. The number of thiazole rings is 1. The average molecular weight is 282 g/mol. The minimum absolute atomic E-state index is 1.08. The van der Waals surface area contributed by atoms with Crippen molar-refractivity contribution in [2.75, 3.05) is 0 Å². The van der Waals surface area contributed by atoms with Crippen LogP contribution in [-0.4, -0.2) is 9.97 Å². The van der Waals surface area contributed by atoms with Crippen molar-refractivity contribution in [2.45, 2.75) is 9.24 Å². The van der Waals surface area contributed by atoms with Crippen LogP contribution in [0, 0.1) is 0 Å². The van der Waals surface area contributed by atoms with Crippen LogP contribution in [0.1, 0.15) is 0 Å². The highest BCUT2D eigenvalue weighted by molar-refractivity contribution is 8.01. The molecule has 2 aromatic heterocycles. The number of aromatic nitrogens is 2. The molecule has 0 radical (unpaired) electrons. The van der Waals surface area contributed by atoms with E-state index in [0.29, 0.717) is 0 Å². The van der Waals surface area contributed by atoms with E-state index in [1.807, 2.05) is 12.1 Å². The first-order valence-electron chi connectivity index (χ1n) is 6.00. The van der Waals surface area contributed by atoms with Gasteiger partial charge in [-0.15, -0.1) is 11.3 Å². The van der Waals surface area contributed by atoms with Crippen molar-refractivity contribution in [2.24, 2.45) is 0 Å². The maximum Gasteiger partial charge on any atom is 0.155 e. The molecule has 0 bridgehead atoms. The minimum atomic E-state index is 1.08. The lowest BCUT2D eigenvalue weighted by Gasteiger charge is -1.94. The Hall–Kier alpha value is -1.78. The number of para-hydroxylation sites is 2. The zero-order valence-corrected chi connectivity index (χ0v) is 11.6. The number of hydrogen-bond acceptors (Lipinski definition) is 3. The zero-order valence-electron chi connectivity index (χ0n) is 9.96. The summed E-state index contributed by atoms with van der Waals surface area (Å²) >= 11 is 3.47. The smallest absolute Gasteiger partial charge is 0.155 e. The summed E-state index contributed by atoms with van der Waals surface area (Å²) in [5, 5.41) is 1.26. The summed E-state index contributed by atoms with van der Waals surface area (Å²) in [6.07, 6.45) is 2.06. The Morgan fingerprint density at radius 1 is 1.00 bits per heavy atom. The van der Waals surface area contributed by atoms with Gasteiger partial charge in [-0.3, -0.25) is 0 Å². The Bertz CT molecular complexity index is 827. The van der Waals surface area contributed by atoms with Gasteiger partial charge in [0.1, 0.15) is 0 Å². The van der Waals surface area contributed by atoms with Crippen LogP contribution in [0.25, 0.3) is 21.1 Å². The van der Waals surface area contributed by atoms with Crippen molar-refractivity contribution in [1.29, 1.82) is 0 Å². The van der Waals surface area contributed by atoms with Crippen LogP contribution >= 0.6 is 23.1 Å². The van der Waals surface area contributed by atoms with Crippen molar-refractivity contribution in [3.05, 3.63) is 54.7 Å². The predicted molar refractivity (Wildman–Crippen MR) is 82.0 cm³/mol. The van der Waals surface area contributed by atoms with E-state index in [0.717, 1.165) is 9.86 Å². The van der Waals surface area contributed by atoms with Gasteiger partial charge in [-0.2, -0.15) is 0 Å². The highest BCUT2D eigenvalue weighted by Crippen LogP contribution is 2.37. The van der Waals surface area contributed by atoms with E-state index >= 15 is 0 Å². The lowest BCUT2D eigenvalue weighted by Crippen LogP contribution is -1.70. The van der Waals surface area contributed by atoms with Gasteiger partial charge >= 0.3 is 0 Å². The Morgan fingerprint density at radius 2 is 1.84 bits per heavy atom. The fraction of sp³-hybridized carbons (Fsp3) is 0. The van der Waals surface area contributed by atoms with E-state index in [4.69, 9.17) is 0 Å². The Labute approximate surface area is 118 Å². The molecule has 0 spiro atoms. The normalized spacial score (nSPS) is 11.4. The topological polar surface area (TPSA) is 28.7 Å². The molecule has 0 fully saturated rings. The van der Waals surface area contributed by atoms with Crippen LogP contribution < -0.4 is 0 Å². The molecule has 92 valence electrons. The number of nitrogens with one attached hydrogen (secondary N) is 1. The maximum atomic E-state index is 4.66. The standard InChI is InChI=1S/C15H10N2S2/c1-2-6-11-10(5-1)14(9-16-11)19-15-17-12-7-3-4-8-13(12)18-15/h1-9,16H. The van der Waals surface area contributed by atoms with Gasteiger partial charge in [0.2, 0.25) is 0 Å². The van der Waals surface area contributed by atoms with Gasteiger partial charge in [0.15, 0.2) is 4.34 Å². The van der Waals surface area contributed by atoms with E-state index in [-0.39, 0.29) is 0 Å². The van der Waals surface area contributed by atoms with E-state index in [2.05, 4.69) is 52.6 Å². The molecule has 0 aliphatic carbocycles. The highest BCUT2D eigenvalue weighted by atomic mass is 32.2. The van der Waals surface area contributed by atoms with E-state index in [1.54, 1.807) is 23.1 Å². The summed E-state index contributed by atoms with van der Waals surface area (Å²) in [4.78, 5) is 9.19. The first-order chi connectivity index (χ1) is 9.40.